The third-order valence-electron chi connectivity index (χ3n) is 3.88. The van der Waals surface area contributed by atoms with E-state index < -0.39 is 5.54 Å². The second kappa shape index (κ2) is 5.88. The smallest absolute Gasteiger partial charge is 0.334 e. The number of hydrogen-bond donors (Lipinski definition) is 0. The molecule has 0 bridgehead atoms. The molecule has 112 valence electrons. The largest absolute Gasteiger partial charge is 0.457 e. The van der Waals surface area contributed by atoms with Gasteiger partial charge in [-0.25, -0.2) is 9.48 Å². The highest BCUT2D eigenvalue weighted by Gasteiger charge is 2.44. The Morgan fingerprint density at radius 1 is 1.43 bits per heavy atom. The molecule has 1 aliphatic rings. The predicted octanol–water partition coefficient (Wildman–Crippen LogP) is 1.84. The summed E-state index contributed by atoms with van der Waals surface area (Å²) in [6.45, 7) is 2.18. The molecule has 1 aliphatic carbocycles. The quantitative estimate of drug-likeness (QED) is 0.802. The lowest BCUT2D eigenvalue weighted by atomic mass is 9.82. The van der Waals surface area contributed by atoms with Gasteiger partial charge in [-0.15, -0.1) is 5.10 Å². The standard InChI is InChI=1S/C13H17N5O2S/c1-10-7-11(15-21-10)8-20-12(19)13(5-3-2-4-6-13)18-9-14-16-17-18/h7,9H,2-6,8H2,1H3. The molecular weight excluding hydrogens is 290 g/mol. The Bertz CT molecular complexity index is 604. The molecule has 1 saturated carbocycles. The van der Waals surface area contributed by atoms with Crippen LogP contribution in [-0.4, -0.2) is 30.6 Å². The maximum absolute atomic E-state index is 12.6. The number of carbonyl (C=O) groups is 1. The maximum atomic E-state index is 12.6. The highest BCUT2D eigenvalue weighted by Crippen LogP contribution is 2.35. The molecule has 2 aromatic heterocycles. The van der Waals surface area contributed by atoms with Crippen molar-refractivity contribution in [2.45, 2.75) is 51.2 Å². The highest BCUT2D eigenvalue weighted by atomic mass is 32.1. The van der Waals surface area contributed by atoms with E-state index in [1.165, 1.54) is 17.9 Å². The summed E-state index contributed by atoms with van der Waals surface area (Å²) < 4.78 is 11.3. The average Bonchev–Trinajstić information content (AvgIpc) is 3.17. The van der Waals surface area contributed by atoms with E-state index in [0.29, 0.717) is 12.8 Å². The molecule has 1 fully saturated rings. The van der Waals surface area contributed by atoms with E-state index in [9.17, 15) is 4.79 Å². The van der Waals surface area contributed by atoms with Gasteiger partial charge in [0.15, 0.2) is 5.54 Å². The Labute approximate surface area is 126 Å². The SMILES string of the molecule is Cc1cc(COC(=O)C2(n3cnnn3)CCCCC2)ns1. The summed E-state index contributed by atoms with van der Waals surface area (Å²) in [6.07, 6.45) is 6.01. The lowest BCUT2D eigenvalue weighted by Gasteiger charge is -2.33. The van der Waals surface area contributed by atoms with Crippen molar-refractivity contribution in [1.29, 1.82) is 0 Å². The highest BCUT2D eigenvalue weighted by molar-refractivity contribution is 7.05. The summed E-state index contributed by atoms with van der Waals surface area (Å²) in [5.41, 5.74) is 0.0285. The van der Waals surface area contributed by atoms with Crippen LogP contribution < -0.4 is 0 Å². The third-order valence-corrected chi connectivity index (χ3v) is 4.61. The zero-order chi connectivity index (χ0) is 14.7. The van der Waals surface area contributed by atoms with Gasteiger partial charge in [-0.2, -0.15) is 4.37 Å². The van der Waals surface area contributed by atoms with Crippen LogP contribution in [0.15, 0.2) is 12.4 Å². The first-order valence-corrected chi connectivity index (χ1v) is 7.81. The molecule has 0 aromatic carbocycles. The molecule has 0 saturated heterocycles. The average molecular weight is 307 g/mol. The van der Waals surface area contributed by atoms with Crippen LogP contribution in [0.25, 0.3) is 0 Å². The molecule has 2 aromatic rings. The van der Waals surface area contributed by atoms with Crippen molar-refractivity contribution in [1.82, 2.24) is 24.6 Å². The van der Waals surface area contributed by atoms with Crippen LogP contribution in [0.2, 0.25) is 0 Å². The Morgan fingerprint density at radius 3 is 2.86 bits per heavy atom. The van der Waals surface area contributed by atoms with E-state index >= 15 is 0 Å². The van der Waals surface area contributed by atoms with Gasteiger partial charge in [0.05, 0.1) is 5.69 Å². The minimum atomic E-state index is -0.757. The second-order valence-electron chi connectivity index (χ2n) is 5.35. The van der Waals surface area contributed by atoms with Crippen molar-refractivity contribution in [2.75, 3.05) is 0 Å². The van der Waals surface area contributed by atoms with Crippen LogP contribution in [-0.2, 0) is 21.7 Å². The number of nitrogens with zero attached hydrogens (tertiary/aromatic N) is 5. The summed E-state index contributed by atoms with van der Waals surface area (Å²) in [4.78, 5) is 13.7. The Morgan fingerprint density at radius 2 is 2.24 bits per heavy atom. The zero-order valence-electron chi connectivity index (χ0n) is 11.9. The first-order chi connectivity index (χ1) is 10.2. The second-order valence-corrected chi connectivity index (χ2v) is 6.36. The van der Waals surface area contributed by atoms with E-state index in [2.05, 4.69) is 19.9 Å². The van der Waals surface area contributed by atoms with Gasteiger partial charge in [-0.05, 0) is 47.8 Å². The fourth-order valence-corrected chi connectivity index (χ4v) is 3.34. The summed E-state index contributed by atoms with van der Waals surface area (Å²) in [5.74, 6) is -0.264. The summed E-state index contributed by atoms with van der Waals surface area (Å²) in [5, 5.41) is 11.3. The monoisotopic (exact) mass is 307 g/mol. The van der Waals surface area contributed by atoms with Crippen molar-refractivity contribution >= 4 is 17.5 Å². The van der Waals surface area contributed by atoms with Gasteiger partial charge < -0.3 is 4.74 Å². The van der Waals surface area contributed by atoms with E-state index in [1.54, 1.807) is 4.68 Å². The molecule has 8 heteroatoms. The van der Waals surface area contributed by atoms with Gasteiger partial charge in [-0.1, -0.05) is 19.3 Å². The van der Waals surface area contributed by atoms with Crippen LogP contribution in [0.4, 0.5) is 0 Å². The van der Waals surface area contributed by atoms with Crippen LogP contribution in [0, 0.1) is 6.92 Å². The van der Waals surface area contributed by atoms with Crippen molar-refractivity contribution in [3.05, 3.63) is 23.0 Å². The molecule has 3 rings (SSSR count). The Kier molecular flexibility index (Phi) is 3.96. The lowest BCUT2D eigenvalue weighted by molar-refractivity contribution is -0.159. The topological polar surface area (TPSA) is 82.8 Å². The molecule has 0 unspecified atom stereocenters. The molecule has 0 aliphatic heterocycles. The van der Waals surface area contributed by atoms with E-state index in [-0.39, 0.29) is 12.6 Å². The fraction of sp³-hybridized carbons (Fsp3) is 0.615. The lowest BCUT2D eigenvalue weighted by Crippen LogP contribution is -2.45. The van der Waals surface area contributed by atoms with Crippen molar-refractivity contribution in [2.24, 2.45) is 0 Å². The molecule has 0 amide bonds. The zero-order valence-corrected chi connectivity index (χ0v) is 12.7. The fourth-order valence-electron chi connectivity index (χ4n) is 2.78. The van der Waals surface area contributed by atoms with Gasteiger partial charge in [0.25, 0.3) is 0 Å². The number of aryl methyl sites for hydroxylation is 1. The molecule has 21 heavy (non-hydrogen) atoms. The molecule has 2 heterocycles. The number of tetrazole rings is 1. The summed E-state index contributed by atoms with van der Waals surface area (Å²) >= 11 is 1.41. The first-order valence-electron chi connectivity index (χ1n) is 7.04. The van der Waals surface area contributed by atoms with E-state index in [1.807, 2.05) is 13.0 Å². The summed E-state index contributed by atoms with van der Waals surface area (Å²) in [7, 11) is 0. The molecule has 0 N–H and O–H groups in total. The van der Waals surface area contributed by atoms with Crippen molar-refractivity contribution < 1.29 is 9.53 Å². The van der Waals surface area contributed by atoms with E-state index in [4.69, 9.17) is 4.74 Å². The van der Waals surface area contributed by atoms with Crippen LogP contribution in [0.5, 0.6) is 0 Å². The van der Waals surface area contributed by atoms with Gasteiger partial charge in [0.1, 0.15) is 12.9 Å². The van der Waals surface area contributed by atoms with Gasteiger partial charge in [-0.3, -0.25) is 0 Å². The number of carbonyl (C=O) groups excluding carboxylic acids is 1. The Hall–Kier alpha value is -1.83. The third kappa shape index (κ3) is 2.80. The minimum Gasteiger partial charge on any atom is -0.457 e. The van der Waals surface area contributed by atoms with Gasteiger partial charge in [0.2, 0.25) is 0 Å². The molecule has 7 nitrogen and oxygen atoms in total. The number of rotatable bonds is 4. The number of hydrogen-bond acceptors (Lipinski definition) is 7. The molecule has 0 atom stereocenters. The van der Waals surface area contributed by atoms with Crippen molar-refractivity contribution in [3.8, 4) is 0 Å². The van der Waals surface area contributed by atoms with Gasteiger partial charge >= 0.3 is 5.97 Å². The van der Waals surface area contributed by atoms with Crippen LogP contribution >= 0.6 is 11.5 Å². The van der Waals surface area contributed by atoms with E-state index in [0.717, 1.165) is 29.8 Å². The Balaban J connectivity index is 1.75. The molecule has 0 spiro atoms. The number of ether oxygens (including phenoxy) is 1. The molecular formula is C13H17N5O2S. The number of aromatic nitrogens is 5. The van der Waals surface area contributed by atoms with Crippen LogP contribution in [0.3, 0.4) is 0 Å². The minimum absolute atomic E-state index is 0.201. The maximum Gasteiger partial charge on any atom is 0.334 e. The predicted molar refractivity (Wildman–Crippen MR) is 75.5 cm³/mol. The van der Waals surface area contributed by atoms with Crippen LogP contribution in [0.1, 0.15) is 42.7 Å². The number of esters is 1. The first kappa shape index (κ1) is 14.1. The normalized spacial score (nSPS) is 17.6. The molecule has 0 radical (unpaired) electrons. The summed E-state index contributed by atoms with van der Waals surface area (Å²) in [6, 6.07) is 1.93. The van der Waals surface area contributed by atoms with Crippen molar-refractivity contribution in [3.63, 3.8) is 0 Å². The van der Waals surface area contributed by atoms with Gasteiger partial charge in [0, 0.05) is 4.88 Å².